The standard InChI is InChI=1S/C28H39N7O2S/c1-19-8-9-23(17-24(19)33-38(36,37)28(4,5)6)30-26-21(3)18-29-27(32-26)31-22-10-11-25(20(2)16-22)35-14-12-34(7)13-15-35/h8-11,16-18,33H,12-15H2,1-7H3,(H2,29,30,31,32). The molecule has 9 nitrogen and oxygen atoms in total. The van der Waals surface area contributed by atoms with Crippen LogP contribution in [0.25, 0.3) is 0 Å². The van der Waals surface area contributed by atoms with E-state index in [4.69, 9.17) is 4.98 Å². The van der Waals surface area contributed by atoms with Crippen molar-refractivity contribution in [2.75, 3.05) is 53.5 Å². The molecule has 3 N–H and O–H groups in total. The first-order valence-electron chi connectivity index (χ1n) is 12.9. The van der Waals surface area contributed by atoms with Crippen LogP contribution in [0, 0.1) is 20.8 Å². The average molecular weight is 538 g/mol. The molecule has 204 valence electrons. The van der Waals surface area contributed by atoms with E-state index in [1.54, 1.807) is 33.0 Å². The summed E-state index contributed by atoms with van der Waals surface area (Å²) in [6.07, 6.45) is 1.76. The van der Waals surface area contributed by atoms with Crippen LogP contribution in [0.1, 0.15) is 37.5 Å². The van der Waals surface area contributed by atoms with Gasteiger partial charge in [-0.1, -0.05) is 6.07 Å². The molecule has 0 unspecified atom stereocenters. The Bertz CT molecular complexity index is 1410. The molecule has 2 heterocycles. The first-order valence-corrected chi connectivity index (χ1v) is 14.4. The Labute approximate surface area is 226 Å². The van der Waals surface area contributed by atoms with E-state index in [2.05, 4.69) is 62.3 Å². The summed E-state index contributed by atoms with van der Waals surface area (Å²) in [5.41, 5.74) is 6.34. The number of anilines is 6. The molecule has 0 atom stereocenters. The summed E-state index contributed by atoms with van der Waals surface area (Å²) in [5, 5.41) is 6.64. The van der Waals surface area contributed by atoms with Gasteiger partial charge in [0.2, 0.25) is 16.0 Å². The van der Waals surface area contributed by atoms with Crippen molar-refractivity contribution in [3.8, 4) is 0 Å². The molecule has 0 spiro atoms. The second-order valence-electron chi connectivity index (χ2n) is 11.0. The fourth-order valence-electron chi connectivity index (χ4n) is 4.14. The third-order valence-corrected chi connectivity index (χ3v) is 8.92. The smallest absolute Gasteiger partial charge is 0.237 e. The minimum atomic E-state index is -3.55. The topological polar surface area (TPSA) is 102 Å². The molecule has 1 aromatic heterocycles. The Kier molecular flexibility index (Phi) is 7.85. The van der Waals surface area contributed by atoms with Crippen molar-refractivity contribution in [2.24, 2.45) is 0 Å². The summed E-state index contributed by atoms with van der Waals surface area (Å²) in [4.78, 5) is 13.9. The van der Waals surface area contributed by atoms with Gasteiger partial charge in [-0.25, -0.2) is 13.4 Å². The van der Waals surface area contributed by atoms with Gasteiger partial charge >= 0.3 is 0 Å². The molecule has 0 saturated carbocycles. The number of hydrogen-bond donors (Lipinski definition) is 3. The number of aryl methyl sites for hydroxylation is 3. The Morgan fingerprint density at radius 1 is 0.842 bits per heavy atom. The summed E-state index contributed by atoms with van der Waals surface area (Å²) in [6, 6.07) is 11.9. The minimum absolute atomic E-state index is 0.477. The van der Waals surface area contributed by atoms with Gasteiger partial charge in [0.15, 0.2) is 0 Å². The van der Waals surface area contributed by atoms with Gasteiger partial charge < -0.3 is 20.4 Å². The SMILES string of the molecule is Cc1ccc(Nc2nc(Nc3ccc(N4CCN(C)CC4)c(C)c3)ncc2C)cc1NS(=O)(=O)C(C)(C)C. The highest BCUT2D eigenvalue weighted by Crippen LogP contribution is 2.29. The molecule has 0 bridgehead atoms. The van der Waals surface area contributed by atoms with E-state index in [1.165, 1.54) is 11.3 Å². The van der Waals surface area contributed by atoms with E-state index >= 15 is 0 Å². The molecule has 1 aliphatic heterocycles. The third kappa shape index (κ3) is 6.36. The fraction of sp³-hybridized carbons (Fsp3) is 0.429. The van der Waals surface area contributed by atoms with Crippen molar-refractivity contribution in [3.63, 3.8) is 0 Å². The molecule has 1 fully saturated rings. The Balaban J connectivity index is 1.51. The van der Waals surface area contributed by atoms with Crippen molar-refractivity contribution in [3.05, 3.63) is 59.3 Å². The van der Waals surface area contributed by atoms with Crippen molar-refractivity contribution >= 4 is 44.5 Å². The van der Waals surface area contributed by atoms with Crippen molar-refractivity contribution in [1.82, 2.24) is 14.9 Å². The van der Waals surface area contributed by atoms with Crippen LogP contribution in [0.4, 0.5) is 34.5 Å². The molecule has 4 rings (SSSR count). The van der Waals surface area contributed by atoms with Gasteiger partial charge in [-0.3, -0.25) is 4.72 Å². The Morgan fingerprint density at radius 2 is 1.50 bits per heavy atom. The molecule has 1 aliphatic rings. The summed E-state index contributed by atoms with van der Waals surface area (Å²) in [5.74, 6) is 1.12. The number of nitrogens with zero attached hydrogens (tertiary/aromatic N) is 4. The highest BCUT2D eigenvalue weighted by Gasteiger charge is 2.29. The predicted octanol–water partition coefficient (Wildman–Crippen LogP) is 5.18. The molecule has 3 aromatic rings. The van der Waals surface area contributed by atoms with Crippen LogP contribution in [0.2, 0.25) is 0 Å². The van der Waals surface area contributed by atoms with Crippen molar-refractivity contribution in [2.45, 2.75) is 46.3 Å². The van der Waals surface area contributed by atoms with Crippen LogP contribution in [0.15, 0.2) is 42.6 Å². The molecular weight excluding hydrogens is 498 g/mol. The van der Waals surface area contributed by atoms with Crippen LogP contribution in [0.5, 0.6) is 0 Å². The first-order chi connectivity index (χ1) is 17.8. The zero-order valence-electron chi connectivity index (χ0n) is 23.4. The summed E-state index contributed by atoms with van der Waals surface area (Å²) in [6.45, 7) is 15.1. The maximum Gasteiger partial charge on any atom is 0.237 e. The quantitative estimate of drug-likeness (QED) is 0.379. The molecule has 0 aliphatic carbocycles. The number of benzene rings is 2. The lowest BCUT2D eigenvalue weighted by Crippen LogP contribution is -2.44. The first kappa shape index (κ1) is 27.7. The number of likely N-dealkylation sites (N-methyl/N-ethyl adjacent to an activating group) is 1. The van der Waals surface area contributed by atoms with E-state index in [0.29, 0.717) is 17.5 Å². The number of aromatic nitrogens is 2. The summed E-state index contributed by atoms with van der Waals surface area (Å²) >= 11 is 0. The van der Waals surface area contributed by atoms with Crippen LogP contribution in [-0.2, 0) is 10.0 Å². The monoisotopic (exact) mass is 537 g/mol. The number of hydrogen-bond acceptors (Lipinski definition) is 8. The fourth-order valence-corrected chi connectivity index (χ4v) is 4.95. The van der Waals surface area contributed by atoms with Gasteiger partial charge in [0.25, 0.3) is 0 Å². The number of piperazine rings is 1. The maximum atomic E-state index is 12.7. The van der Waals surface area contributed by atoms with Gasteiger partial charge in [-0.15, -0.1) is 0 Å². The average Bonchev–Trinajstić information content (AvgIpc) is 2.83. The molecular formula is C28H39N7O2S. The lowest BCUT2D eigenvalue weighted by Gasteiger charge is -2.35. The second kappa shape index (κ2) is 10.8. The molecule has 10 heteroatoms. The van der Waals surface area contributed by atoms with Crippen LogP contribution in [0.3, 0.4) is 0 Å². The molecule has 0 amide bonds. The van der Waals surface area contributed by atoms with Crippen molar-refractivity contribution < 1.29 is 8.42 Å². The molecule has 38 heavy (non-hydrogen) atoms. The van der Waals surface area contributed by atoms with Crippen LogP contribution >= 0.6 is 0 Å². The minimum Gasteiger partial charge on any atom is -0.369 e. The summed E-state index contributed by atoms with van der Waals surface area (Å²) in [7, 11) is -1.39. The van der Waals surface area contributed by atoms with Gasteiger partial charge in [0.1, 0.15) is 5.82 Å². The van der Waals surface area contributed by atoms with Gasteiger partial charge in [-0.2, -0.15) is 4.98 Å². The lowest BCUT2D eigenvalue weighted by molar-refractivity contribution is 0.312. The largest absolute Gasteiger partial charge is 0.369 e. The van der Waals surface area contributed by atoms with E-state index < -0.39 is 14.8 Å². The molecule has 0 radical (unpaired) electrons. The number of nitrogens with one attached hydrogen (secondary N) is 3. The maximum absolute atomic E-state index is 12.7. The van der Waals surface area contributed by atoms with E-state index in [-0.39, 0.29) is 0 Å². The van der Waals surface area contributed by atoms with Crippen LogP contribution in [-0.4, -0.2) is 61.3 Å². The Morgan fingerprint density at radius 3 is 2.16 bits per heavy atom. The summed E-state index contributed by atoms with van der Waals surface area (Å²) < 4.78 is 27.2. The van der Waals surface area contributed by atoms with Gasteiger partial charge in [-0.05, 0) is 90.0 Å². The highest BCUT2D eigenvalue weighted by molar-refractivity contribution is 7.94. The van der Waals surface area contributed by atoms with E-state index in [9.17, 15) is 8.42 Å². The zero-order chi connectivity index (χ0) is 27.7. The normalized spacial score (nSPS) is 14.9. The molecule has 1 saturated heterocycles. The second-order valence-corrected chi connectivity index (χ2v) is 13.5. The van der Waals surface area contributed by atoms with Gasteiger partial charge in [0.05, 0.1) is 10.4 Å². The predicted molar refractivity (Wildman–Crippen MR) is 158 cm³/mol. The van der Waals surface area contributed by atoms with Gasteiger partial charge in [0, 0.05) is 55.0 Å². The van der Waals surface area contributed by atoms with Crippen molar-refractivity contribution in [1.29, 1.82) is 0 Å². The van der Waals surface area contributed by atoms with E-state index in [1.807, 2.05) is 26.0 Å². The third-order valence-electron chi connectivity index (χ3n) is 6.82. The lowest BCUT2D eigenvalue weighted by atomic mass is 10.1. The molecule has 2 aromatic carbocycles. The zero-order valence-corrected chi connectivity index (χ0v) is 24.2. The van der Waals surface area contributed by atoms with E-state index in [0.717, 1.165) is 48.7 Å². The highest BCUT2D eigenvalue weighted by atomic mass is 32.2. The number of rotatable bonds is 7. The number of sulfonamides is 1. The van der Waals surface area contributed by atoms with Crippen LogP contribution < -0.4 is 20.3 Å². The Hall–Kier alpha value is -3.37.